The number of rotatable bonds is 2. The van der Waals surface area contributed by atoms with Crippen molar-refractivity contribution >= 4 is 33.4 Å². The number of aryl methyl sites for hydroxylation is 1. The molecule has 2 aliphatic heterocycles. The van der Waals surface area contributed by atoms with Gasteiger partial charge >= 0.3 is 0 Å². The van der Waals surface area contributed by atoms with Crippen molar-refractivity contribution in [3.63, 3.8) is 0 Å². The largest absolute Gasteiger partial charge is 0.330 e. The highest BCUT2D eigenvalue weighted by Gasteiger charge is 2.46. The van der Waals surface area contributed by atoms with Crippen LogP contribution < -0.4 is 5.32 Å². The van der Waals surface area contributed by atoms with Gasteiger partial charge in [-0.05, 0) is 69.7 Å². The number of carbonyl (C=O) groups excluding carboxylic acids is 2. The maximum absolute atomic E-state index is 13.7. The molecule has 2 atom stereocenters. The Hall–Kier alpha value is -2.92. The third kappa shape index (κ3) is 3.05. The van der Waals surface area contributed by atoms with Crippen LogP contribution in [0.4, 0.5) is 5.69 Å². The summed E-state index contributed by atoms with van der Waals surface area (Å²) in [4.78, 5) is 28.8. The first-order chi connectivity index (χ1) is 14.5. The molecule has 0 spiro atoms. The first-order valence-electron chi connectivity index (χ1n) is 10.1. The normalized spacial score (nSPS) is 19.5. The molecule has 5 rings (SSSR count). The number of benzene rings is 3. The molecule has 0 fully saturated rings. The topological polar surface area (TPSA) is 49.4 Å². The number of amides is 2. The molecule has 0 radical (unpaired) electrons. The second-order valence-corrected chi connectivity index (χ2v) is 8.78. The van der Waals surface area contributed by atoms with E-state index >= 15 is 0 Å². The average molecular weight is 461 g/mol. The monoisotopic (exact) mass is 460 g/mol. The van der Waals surface area contributed by atoms with Crippen molar-refractivity contribution in [3.05, 3.63) is 99.0 Å². The Balaban J connectivity index is 1.63. The lowest BCUT2D eigenvalue weighted by Crippen LogP contribution is -2.49. The summed E-state index contributed by atoms with van der Waals surface area (Å²) in [6, 6.07) is 21.2. The fraction of sp³-hybridized carbons (Fsp3) is 0.200. The molecule has 30 heavy (non-hydrogen) atoms. The van der Waals surface area contributed by atoms with Crippen molar-refractivity contribution in [1.29, 1.82) is 0 Å². The van der Waals surface area contributed by atoms with E-state index in [1.54, 1.807) is 0 Å². The second kappa shape index (κ2) is 7.40. The molecule has 2 amide bonds. The van der Waals surface area contributed by atoms with Crippen molar-refractivity contribution in [2.45, 2.75) is 25.3 Å². The molecule has 0 unspecified atom stereocenters. The van der Waals surface area contributed by atoms with Crippen molar-refractivity contribution in [2.24, 2.45) is 0 Å². The number of hydrogen-bond donors (Lipinski definition) is 1. The van der Waals surface area contributed by atoms with Gasteiger partial charge in [-0.1, -0.05) is 48.5 Å². The summed E-state index contributed by atoms with van der Waals surface area (Å²) >= 11 is 3.56. The molecule has 5 heteroatoms. The smallest absolute Gasteiger partial charge is 0.254 e. The van der Waals surface area contributed by atoms with Gasteiger partial charge in [-0.15, -0.1) is 0 Å². The summed E-state index contributed by atoms with van der Waals surface area (Å²) in [5.74, 6) is -0.578. The Morgan fingerprint density at radius 2 is 1.77 bits per heavy atom. The molecule has 0 saturated heterocycles. The van der Waals surface area contributed by atoms with E-state index in [-0.39, 0.29) is 17.9 Å². The third-order valence-electron chi connectivity index (χ3n) is 6.10. The van der Waals surface area contributed by atoms with Crippen LogP contribution in [-0.2, 0) is 11.2 Å². The van der Waals surface area contributed by atoms with Crippen molar-refractivity contribution in [3.8, 4) is 0 Å². The van der Waals surface area contributed by atoms with E-state index in [1.807, 2.05) is 66.4 Å². The number of hydrogen-bond acceptors (Lipinski definition) is 2. The van der Waals surface area contributed by atoms with E-state index in [4.69, 9.17) is 0 Å². The molecule has 2 heterocycles. The highest BCUT2D eigenvalue weighted by molar-refractivity contribution is 9.10. The quantitative estimate of drug-likeness (QED) is 0.568. The lowest BCUT2D eigenvalue weighted by atomic mass is 9.76. The second-order valence-electron chi connectivity index (χ2n) is 7.93. The maximum Gasteiger partial charge on any atom is 0.254 e. The molecular weight excluding hydrogens is 440 g/mol. The van der Waals surface area contributed by atoms with E-state index in [0.29, 0.717) is 12.1 Å². The van der Waals surface area contributed by atoms with E-state index < -0.39 is 5.92 Å². The lowest BCUT2D eigenvalue weighted by Gasteiger charge is -2.45. The van der Waals surface area contributed by atoms with Crippen LogP contribution in [0, 0.1) is 6.92 Å². The fourth-order valence-corrected chi connectivity index (χ4v) is 5.28. The summed E-state index contributed by atoms with van der Waals surface area (Å²) in [6.07, 6.45) is 0.804. The fourth-order valence-electron chi connectivity index (χ4n) is 4.69. The first kappa shape index (κ1) is 19.1. The van der Waals surface area contributed by atoms with Gasteiger partial charge in [0.2, 0.25) is 5.91 Å². The lowest BCUT2D eigenvalue weighted by molar-refractivity contribution is -0.119. The minimum Gasteiger partial charge on any atom is -0.330 e. The molecule has 3 aromatic rings. The van der Waals surface area contributed by atoms with Gasteiger partial charge in [0, 0.05) is 16.6 Å². The van der Waals surface area contributed by atoms with Gasteiger partial charge in [-0.25, -0.2) is 0 Å². The number of nitrogens with one attached hydrogen (secondary N) is 1. The van der Waals surface area contributed by atoms with Crippen LogP contribution in [0.3, 0.4) is 0 Å². The van der Waals surface area contributed by atoms with Gasteiger partial charge < -0.3 is 10.2 Å². The van der Waals surface area contributed by atoms with E-state index in [2.05, 4.69) is 33.4 Å². The zero-order valence-corrected chi connectivity index (χ0v) is 18.1. The minimum atomic E-state index is -0.478. The molecule has 2 aliphatic rings. The Labute approximate surface area is 184 Å². The Morgan fingerprint density at radius 3 is 2.57 bits per heavy atom. The summed E-state index contributed by atoms with van der Waals surface area (Å²) in [5.41, 5.74) is 5.53. The number of fused-ring (bicyclic) bond motifs is 4. The van der Waals surface area contributed by atoms with E-state index in [0.717, 1.165) is 33.3 Å². The standard InChI is InChI=1S/C25H21BrN2O2/c1-15-10-11-21(20(26)14-15)27-24(29)22-18-8-4-5-9-19(18)25(30)28-13-12-16-6-2-3-7-17(16)23(22)28/h2-11,14,22-23H,12-13H2,1H3,(H,27,29)/t22-,23-/m1/s1. The summed E-state index contributed by atoms with van der Waals surface area (Å²) < 4.78 is 0.844. The minimum absolute atomic E-state index is 0.00525. The van der Waals surface area contributed by atoms with E-state index in [1.165, 1.54) is 5.56 Å². The van der Waals surface area contributed by atoms with Crippen LogP contribution in [0.2, 0.25) is 0 Å². The number of nitrogens with zero attached hydrogens (tertiary/aromatic N) is 1. The first-order valence-corrected chi connectivity index (χ1v) is 10.9. The van der Waals surface area contributed by atoms with Gasteiger partial charge in [0.1, 0.15) is 0 Å². The maximum atomic E-state index is 13.7. The van der Waals surface area contributed by atoms with Crippen LogP contribution in [-0.4, -0.2) is 23.3 Å². The van der Waals surface area contributed by atoms with Gasteiger partial charge in [0.25, 0.3) is 5.91 Å². The Bertz CT molecular complexity index is 1170. The predicted octanol–water partition coefficient (Wildman–Crippen LogP) is 5.23. The number of anilines is 1. The molecule has 1 N–H and O–H groups in total. The van der Waals surface area contributed by atoms with Crippen molar-refractivity contribution in [1.82, 2.24) is 4.90 Å². The zero-order valence-electron chi connectivity index (χ0n) is 16.6. The molecule has 0 aromatic heterocycles. The molecule has 3 aromatic carbocycles. The predicted molar refractivity (Wildman–Crippen MR) is 121 cm³/mol. The Morgan fingerprint density at radius 1 is 1.03 bits per heavy atom. The van der Waals surface area contributed by atoms with Crippen LogP contribution in [0.25, 0.3) is 0 Å². The van der Waals surface area contributed by atoms with E-state index in [9.17, 15) is 9.59 Å². The van der Waals surface area contributed by atoms with Gasteiger partial charge in [-0.2, -0.15) is 0 Å². The van der Waals surface area contributed by atoms with Crippen LogP contribution >= 0.6 is 15.9 Å². The van der Waals surface area contributed by atoms with Crippen molar-refractivity contribution < 1.29 is 9.59 Å². The zero-order chi connectivity index (χ0) is 20.8. The van der Waals surface area contributed by atoms with Crippen molar-refractivity contribution in [2.75, 3.05) is 11.9 Å². The number of carbonyl (C=O) groups is 2. The molecule has 4 nitrogen and oxygen atoms in total. The molecule has 0 aliphatic carbocycles. The van der Waals surface area contributed by atoms with Crippen LogP contribution in [0.5, 0.6) is 0 Å². The van der Waals surface area contributed by atoms with Gasteiger partial charge in [0.05, 0.1) is 17.6 Å². The molecule has 150 valence electrons. The third-order valence-corrected chi connectivity index (χ3v) is 6.76. The van der Waals surface area contributed by atoms with Gasteiger partial charge in [0.15, 0.2) is 0 Å². The summed E-state index contributed by atoms with van der Waals surface area (Å²) in [5, 5.41) is 3.10. The van der Waals surface area contributed by atoms with Crippen LogP contribution in [0.15, 0.2) is 71.2 Å². The Kier molecular flexibility index (Phi) is 4.70. The summed E-state index contributed by atoms with van der Waals surface area (Å²) in [7, 11) is 0. The SMILES string of the molecule is Cc1ccc(NC(=O)[C@@H]2c3ccccc3C(=O)N3CCc4ccccc4[C@H]23)c(Br)c1. The highest BCUT2D eigenvalue weighted by Crippen LogP contribution is 2.46. The summed E-state index contributed by atoms with van der Waals surface area (Å²) in [6.45, 7) is 2.63. The molecular formula is C25H21BrN2O2. The molecule has 0 saturated carbocycles. The highest BCUT2D eigenvalue weighted by atomic mass is 79.9. The number of halogens is 1. The molecule has 0 bridgehead atoms. The van der Waals surface area contributed by atoms with Crippen LogP contribution in [0.1, 0.15) is 44.6 Å². The average Bonchev–Trinajstić information content (AvgIpc) is 2.76. The van der Waals surface area contributed by atoms with Gasteiger partial charge in [-0.3, -0.25) is 9.59 Å².